The van der Waals surface area contributed by atoms with Gasteiger partial charge >= 0.3 is 0 Å². The number of pyridine rings is 1. The minimum atomic E-state index is -0.968. The molecule has 4 nitrogen and oxygen atoms in total. The van der Waals surface area contributed by atoms with E-state index in [4.69, 9.17) is 5.73 Å². The van der Waals surface area contributed by atoms with Gasteiger partial charge in [-0.05, 0) is 24.1 Å². The first-order valence-electron chi connectivity index (χ1n) is 5.65. The van der Waals surface area contributed by atoms with Gasteiger partial charge in [-0.25, -0.2) is 4.39 Å². The Labute approximate surface area is 99.6 Å². The molecule has 2 atom stereocenters. The second-order valence-corrected chi connectivity index (χ2v) is 4.48. The van der Waals surface area contributed by atoms with Crippen molar-refractivity contribution in [2.75, 3.05) is 6.54 Å². The van der Waals surface area contributed by atoms with Crippen molar-refractivity contribution < 1.29 is 9.18 Å². The number of aromatic nitrogens is 1. The number of aryl methyl sites for hydroxylation is 1. The molecule has 17 heavy (non-hydrogen) atoms. The van der Waals surface area contributed by atoms with E-state index < -0.39 is 18.1 Å². The summed E-state index contributed by atoms with van der Waals surface area (Å²) in [5, 5.41) is 0. The highest BCUT2D eigenvalue weighted by atomic mass is 19.1. The minimum Gasteiger partial charge on any atom is -0.368 e. The molecule has 0 aliphatic carbocycles. The SMILES string of the molecule is Cc1ccncc1CN1C[C@H](F)C[C@H]1C(N)=O. The van der Waals surface area contributed by atoms with Crippen LogP contribution in [0.5, 0.6) is 0 Å². The molecule has 0 bridgehead atoms. The van der Waals surface area contributed by atoms with Crippen LogP contribution in [-0.2, 0) is 11.3 Å². The first-order chi connectivity index (χ1) is 8.08. The molecular formula is C12H16FN3O. The number of nitrogens with zero attached hydrogens (tertiary/aromatic N) is 2. The number of carbonyl (C=O) groups excluding carboxylic acids is 1. The van der Waals surface area contributed by atoms with Crippen LogP contribution in [0.2, 0.25) is 0 Å². The standard InChI is InChI=1S/C12H16FN3O/c1-8-2-3-15-5-9(8)6-16-7-10(13)4-11(16)12(14)17/h2-3,5,10-11H,4,6-7H2,1H3,(H2,14,17)/t10-,11+/m1/s1. The van der Waals surface area contributed by atoms with Gasteiger partial charge in [0.05, 0.1) is 6.04 Å². The highest BCUT2D eigenvalue weighted by molar-refractivity contribution is 5.80. The number of nitrogens with two attached hydrogens (primary N) is 1. The summed E-state index contributed by atoms with van der Waals surface area (Å²) in [5.41, 5.74) is 7.37. The van der Waals surface area contributed by atoms with Gasteiger partial charge in [0, 0.05) is 31.9 Å². The number of halogens is 1. The average Bonchev–Trinajstić information content (AvgIpc) is 2.63. The quantitative estimate of drug-likeness (QED) is 0.845. The lowest BCUT2D eigenvalue weighted by Crippen LogP contribution is -2.39. The average molecular weight is 237 g/mol. The Morgan fingerprint density at radius 2 is 2.47 bits per heavy atom. The Balaban J connectivity index is 2.13. The first kappa shape index (κ1) is 12.0. The predicted molar refractivity (Wildman–Crippen MR) is 61.9 cm³/mol. The second kappa shape index (κ2) is 4.79. The van der Waals surface area contributed by atoms with Gasteiger partial charge in [-0.15, -0.1) is 0 Å². The number of hydrogen-bond acceptors (Lipinski definition) is 3. The molecule has 2 heterocycles. The van der Waals surface area contributed by atoms with Crippen LogP contribution in [0.15, 0.2) is 18.5 Å². The molecule has 0 radical (unpaired) electrons. The molecule has 0 unspecified atom stereocenters. The van der Waals surface area contributed by atoms with E-state index in [1.165, 1.54) is 0 Å². The molecule has 92 valence electrons. The van der Waals surface area contributed by atoms with E-state index in [0.29, 0.717) is 6.54 Å². The maximum atomic E-state index is 13.3. The fourth-order valence-electron chi connectivity index (χ4n) is 2.20. The van der Waals surface area contributed by atoms with Crippen molar-refractivity contribution in [3.05, 3.63) is 29.6 Å². The van der Waals surface area contributed by atoms with E-state index in [1.807, 2.05) is 13.0 Å². The van der Waals surface area contributed by atoms with E-state index in [-0.39, 0.29) is 13.0 Å². The van der Waals surface area contributed by atoms with Gasteiger partial charge in [0.15, 0.2) is 0 Å². The molecule has 5 heteroatoms. The van der Waals surface area contributed by atoms with E-state index in [0.717, 1.165) is 11.1 Å². The number of hydrogen-bond donors (Lipinski definition) is 1. The molecule has 2 N–H and O–H groups in total. The summed E-state index contributed by atoms with van der Waals surface area (Å²) in [4.78, 5) is 17.1. The van der Waals surface area contributed by atoms with Crippen molar-refractivity contribution in [2.24, 2.45) is 5.73 Å². The number of amides is 1. The van der Waals surface area contributed by atoms with Gasteiger partial charge in [-0.1, -0.05) is 0 Å². The normalized spacial score (nSPS) is 25.1. The van der Waals surface area contributed by atoms with Gasteiger partial charge in [0.25, 0.3) is 0 Å². The van der Waals surface area contributed by atoms with Crippen LogP contribution in [0.3, 0.4) is 0 Å². The van der Waals surface area contributed by atoms with Gasteiger partial charge < -0.3 is 5.73 Å². The third kappa shape index (κ3) is 2.61. The molecule has 2 rings (SSSR count). The maximum absolute atomic E-state index is 13.3. The second-order valence-electron chi connectivity index (χ2n) is 4.48. The molecule has 0 saturated carbocycles. The van der Waals surface area contributed by atoms with Crippen LogP contribution < -0.4 is 5.73 Å². The molecule has 1 fully saturated rings. The van der Waals surface area contributed by atoms with Crippen LogP contribution in [0.1, 0.15) is 17.5 Å². The van der Waals surface area contributed by atoms with Crippen molar-refractivity contribution in [3.8, 4) is 0 Å². The Morgan fingerprint density at radius 1 is 1.71 bits per heavy atom. The van der Waals surface area contributed by atoms with E-state index >= 15 is 0 Å². The Morgan fingerprint density at radius 3 is 3.12 bits per heavy atom. The molecular weight excluding hydrogens is 221 g/mol. The maximum Gasteiger partial charge on any atom is 0.234 e. The molecule has 1 saturated heterocycles. The highest BCUT2D eigenvalue weighted by Crippen LogP contribution is 2.23. The van der Waals surface area contributed by atoms with Crippen LogP contribution >= 0.6 is 0 Å². The number of alkyl halides is 1. The monoisotopic (exact) mass is 237 g/mol. The van der Waals surface area contributed by atoms with Crippen molar-refractivity contribution in [1.82, 2.24) is 9.88 Å². The van der Waals surface area contributed by atoms with Crippen molar-refractivity contribution in [2.45, 2.75) is 32.1 Å². The number of carbonyl (C=O) groups is 1. The smallest absolute Gasteiger partial charge is 0.234 e. The van der Waals surface area contributed by atoms with Gasteiger partial charge in [-0.3, -0.25) is 14.7 Å². The highest BCUT2D eigenvalue weighted by Gasteiger charge is 2.35. The number of likely N-dealkylation sites (tertiary alicyclic amines) is 1. The summed E-state index contributed by atoms with van der Waals surface area (Å²) in [6.07, 6.45) is 2.70. The van der Waals surface area contributed by atoms with Gasteiger partial charge in [-0.2, -0.15) is 0 Å². The summed E-state index contributed by atoms with van der Waals surface area (Å²) in [6, 6.07) is 1.40. The van der Waals surface area contributed by atoms with Gasteiger partial charge in [0.1, 0.15) is 6.17 Å². The summed E-state index contributed by atoms with van der Waals surface area (Å²) in [6.45, 7) is 2.76. The first-order valence-corrected chi connectivity index (χ1v) is 5.65. The van der Waals surface area contributed by atoms with Crippen molar-refractivity contribution in [1.29, 1.82) is 0 Å². The fourth-order valence-corrected chi connectivity index (χ4v) is 2.20. The Hall–Kier alpha value is -1.49. The van der Waals surface area contributed by atoms with E-state index in [2.05, 4.69) is 4.98 Å². The van der Waals surface area contributed by atoms with Crippen LogP contribution in [0.25, 0.3) is 0 Å². The molecule has 1 aliphatic heterocycles. The van der Waals surface area contributed by atoms with E-state index in [9.17, 15) is 9.18 Å². The lowest BCUT2D eigenvalue weighted by molar-refractivity contribution is -0.122. The van der Waals surface area contributed by atoms with Crippen molar-refractivity contribution in [3.63, 3.8) is 0 Å². The summed E-state index contributed by atoms with van der Waals surface area (Å²) < 4.78 is 13.3. The summed E-state index contributed by atoms with van der Waals surface area (Å²) in [7, 11) is 0. The topological polar surface area (TPSA) is 59.2 Å². The van der Waals surface area contributed by atoms with Crippen LogP contribution in [-0.4, -0.2) is 34.5 Å². The van der Waals surface area contributed by atoms with Crippen LogP contribution in [0.4, 0.5) is 4.39 Å². The predicted octanol–water partition coefficient (Wildman–Crippen LogP) is 0.788. The largest absolute Gasteiger partial charge is 0.368 e. The lowest BCUT2D eigenvalue weighted by atomic mass is 10.1. The zero-order valence-electron chi connectivity index (χ0n) is 9.77. The Bertz CT molecular complexity index is 424. The third-order valence-corrected chi connectivity index (χ3v) is 3.20. The molecule has 0 spiro atoms. The summed E-state index contributed by atoms with van der Waals surface area (Å²) in [5.74, 6) is -0.452. The lowest BCUT2D eigenvalue weighted by Gasteiger charge is -2.21. The molecule has 1 aromatic heterocycles. The molecule has 0 aromatic carbocycles. The Kier molecular flexibility index (Phi) is 3.38. The zero-order valence-corrected chi connectivity index (χ0v) is 9.77. The number of primary amides is 1. The van der Waals surface area contributed by atoms with Crippen molar-refractivity contribution >= 4 is 5.91 Å². The number of rotatable bonds is 3. The molecule has 1 amide bonds. The van der Waals surface area contributed by atoms with Gasteiger partial charge in [0.2, 0.25) is 5.91 Å². The van der Waals surface area contributed by atoms with E-state index in [1.54, 1.807) is 17.3 Å². The fraction of sp³-hybridized carbons (Fsp3) is 0.500. The summed E-state index contributed by atoms with van der Waals surface area (Å²) >= 11 is 0. The zero-order chi connectivity index (χ0) is 12.4. The molecule has 1 aliphatic rings. The third-order valence-electron chi connectivity index (χ3n) is 3.20. The molecule has 1 aromatic rings. The van der Waals surface area contributed by atoms with Crippen LogP contribution in [0, 0.1) is 6.92 Å². The minimum absolute atomic E-state index is 0.203.